The number of hydrogen-bond donors (Lipinski definition) is 5. The number of nitrogens with one attached hydrogen (secondary N) is 1. The zero-order valence-corrected chi connectivity index (χ0v) is 11.2. The number of fused-ring (bicyclic) bond motifs is 1. The van der Waals surface area contributed by atoms with Crippen LogP contribution in [0.4, 0.5) is 5.82 Å². The molecule has 2 rings (SSSR count). The van der Waals surface area contributed by atoms with Gasteiger partial charge in [-0.1, -0.05) is 24.3 Å². The molecule has 0 bridgehead atoms. The van der Waals surface area contributed by atoms with Gasteiger partial charge in [-0.05, 0) is 0 Å². The van der Waals surface area contributed by atoms with Gasteiger partial charge in [0.25, 0.3) is 0 Å². The van der Waals surface area contributed by atoms with Crippen LogP contribution in [-0.2, 0) is 0 Å². The number of aromatic carboxylic acids is 1. The highest BCUT2D eigenvalue weighted by Gasteiger charge is 2.29. The highest BCUT2D eigenvalue weighted by molar-refractivity contribution is 6.06. The van der Waals surface area contributed by atoms with Gasteiger partial charge in [-0.3, -0.25) is 0 Å². The van der Waals surface area contributed by atoms with Gasteiger partial charge in [0.15, 0.2) is 0 Å². The highest BCUT2D eigenvalue weighted by atomic mass is 16.4. The van der Waals surface area contributed by atoms with Crippen LogP contribution in [0.2, 0.25) is 0 Å². The third kappa shape index (κ3) is 2.80. The molecule has 0 unspecified atom stereocenters. The topological polar surface area (TPSA) is 123 Å². The summed E-state index contributed by atoms with van der Waals surface area (Å²) in [7, 11) is 0. The molecule has 7 nitrogen and oxygen atoms in total. The highest BCUT2D eigenvalue weighted by Crippen LogP contribution is 2.26. The third-order valence-electron chi connectivity index (χ3n) is 3.32. The Balaban J connectivity index is 2.56. The second-order valence-corrected chi connectivity index (χ2v) is 4.75. The first-order chi connectivity index (χ1) is 10.1. The second kappa shape index (κ2) is 6.04. The van der Waals surface area contributed by atoms with E-state index in [4.69, 9.17) is 5.11 Å². The number of aliphatic hydroxyl groups excluding tert-OH is 3. The minimum atomic E-state index is -1.33. The van der Waals surface area contributed by atoms with Crippen LogP contribution >= 0.6 is 0 Å². The molecule has 112 valence electrons. The Morgan fingerprint density at radius 2 is 1.67 bits per heavy atom. The number of pyridine rings is 1. The van der Waals surface area contributed by atoms with Gasteiger partial charge in [0.2, 0.25) is 0 Å². The number of aromatic nitrogens is 1. The van der Waals surface area contributed by atoms with E-state index < -0.39 is 31.3 Å². The van der Waals surface area contributed by atoms with Crippen molar-refractivity contribution in [2.45, 2.75) is 5.54 Å². The number of hydrogen-bond acceptors (Lipinski definition) is 6. The number of aliphatic hydroxyl groups is 3. The number of nitrogens with zero attached hydrogens (tertiary/aromatic N) is 1. The Morgan fingerprint density at radius 3 is 2.19 bits per heavy atom. The number of carbonyl (C=O) groups is 1. The molecular weight excluding hydrogens is 276 g/mol. The molecule has 0 saturated heterocycles. The van der Waals surface area contributed by atoms with Crippen LogP contribution in [0.15, 0.2) is 30.5 Å². The predicted molar refractivity (Wildman–Crippen MR) is 76.3 cm³/mol. The number of carboxylic acids is 1. The summed E-state index contributed by atoms with van der Waals surface area (Å²) in [5, 5.41) is 41.0. The van der Waals surface area contributed by atoms with E-state index in [2.05, 4.69) is 10.3 Å². The van der Waals surface area contributed by atoms with Crippen LogP contribution in [0.3, 0.4) is 0 Å². The molecule has 0 aliphatic rings. The number of carboxylic acid groups (broad SMARTS) is 1. The predicted octanol–water partition coefficient (Wildman–Crippen LogP) is 0.0606. The Kier molecular flexibility index (Phi) is 4.37. The molecule has 0 radical (unpaired) electrons. The van der Waals surface area contributed by atoms with Crippen molar-refractivity contribution >= 4 is 22.6 Å². The fraction of sp³-hybridized carbons (Fsp3) is 0.286. The van der Waals surface area contributed by atoms with Gasteiger partial charge < -0.3 is 25.7 Å². The number of benzene rings is 1. The van der Waals surface area contributed by atoms with E-state index in [1.807, 2.05) is 0 Å². The average Bonchev–Trinajstić information content (AvgIpc) is 2.52. The van der Waals surface area contributed by atoms with Crippen LogP contribution in [0.1, 0.15) is 10.4 Å². The molecule has 0 spiro atoms. The van der Waals surface area contributed by atoms with Crippen LogP contribution in [0.5, 0.6) is 0 Å². The number of rotatable bonds is 6. The molecule has 0 aliphatic heterocycles. The van der Waals surface area contributed by atoms with E-state index in [0.29, 0.717) is 10.8 Å². The van der Waals surface area contributed by atoms with Crippen molar-refractivity contribution in [1.29, 1.82) is 0 Å². The van der Waals surface area contributed by atoms with Crippen molar-refractivity contribution in [2.24, 2.45) is 0 Å². The van der Waals surface area contributed by atoms with E-state index in [1.54, 1.807) is 24.3 Å². The summed E-state index contributed by atoms with van der Waals surface area (Å²) in [4.78, 5) is 15.2. The fourth-order valence-electron chi connectivity index (χ4n) is 1.98. The lowest BCUT2D eigenvalue weighted by Crippen LogP contribution is -2.49. The minimum Gasteiger partial charge on any atom is -0.478 e. The largest absolute Gasteiger partial charge is 0.478 e. The molecule has 1 aromatic heterocycles. The molecule has 2 aromatic rings. The smallest absolute Gasteiger partial charge is 0.337 e. The summed E-state index contributed by atoms with van der Waals surface area (Å²) in [6, 6.07) is 6.74. The molecule has 0 atom stereocenters. The zero-order valence-electron chi connectivity index (χ0n) is 11.2. The lowest BCUT2D eigenvalue weighted by Gasteiger charge is -2.29. The van der Waals surface area contributed by atoms with Crippen LogP contribution in [-0.4, -0.2) is 56.7 Å². The van der Waals surface area contributed by atoms with Gasteiger partial charge in [0, 0.05) is 17.0 Å². The van der Waals surface area contributed by atoms with E-state index in [-0.39, 0.29) is 11.4 Å². The Hall–Kier alpha value is -2.22. The van der Waals surface area contributed by atoms with Gasteiger partial charge in [-0.15, -0.1) is 0 Å². The molecular formula is C14H16N2O5. The summed E-state index contributed by atoms with van der Waals surface area (Å²) >= 11 is 0. The average molecular weight is 292 g/mol. The fourth-order valence-corrected chi connectivity index (χ4v) is 1.98. The van der Waals surface area contributed by atoms with Crippen molar-refractivity contribution in [2.75, 3.05) is 25.1 Å². The summed E-state index contributed by atoms with van der Waals surface area (Å²) in [6.07, 6.45) is 1.20. The molecule has 5 N–H and O–H groups in total. The summed E-state index contributed by atoms with van der Waals surface area (Å²) in [6.45, 7) is -1.51. The normalized spacial score (nSPS) is 11.6. The van der Waals surface area contributed by atoms with Gasteiger partial charge in [-0.2, -0.15) is 0 Å². The van der Waals surface area contributed by atoms with Crippen LogP contribution < -0.4 is 5.32 Å². The molecule has 1 aromatic carbocycles. The maximum atomic E-state index is 11.2. The van der Waals surface area contributed by atoms with Crippen molar-refractivity contribution in [3.05, 3.63) is 36.0 Å². The molecule has 0 fully saturated rings. The SMILES string of the molecule is O=C(O)c1cnc(NC(CO)(CO)CO)c2ccccc12. The van der Waals surface area contributed by atoms with E-state index in [1.165, 1.54) is 6.20 Å². The van der Waals surface area contributed by atoms with Crippen molar-refractivity contribution in [3.63, 3.8) is 0 Å². The molecule has 0 saturated carbocycles. The molecule has 7 heteroatoms. The molecule has 0 amide bonds. The number of anilines is 1. The monoisotopic (exact) mass is 292 g/mol. The standard InChI is InChI=1S/C14H16N2O5/c17-6-14(7-18,8-19)16-12-10-4-2-1-3-9(10)11(5-15-12)13(20)21/h1-5,17-19H,6-8H2,(H,15,16)(H,20,21). The molecule has 1 heterocycles. The molecule has 21 heavy (non-hydrogen) atoms. The third-order valence-corrected chi connectivity index (χ3v) is 3.32. The van der Waals surface area contributed by atoms with E-state index >= 15 is 0 Å². The van der Waals surface area contributed by atoms with Gasteiger partial charge >= 0.3 is 5.97 Å². The lowest BCUT2D eigenvalue weighted by atomic mass is 10.0. The van der Waals surface area contributed by atoms with Crippen LogP contribution in [0.25, 0.3) is 10.8 Å². The minimum absolute atomic E-state index is 0.0544. The maximum Gasteiger partial charge on any atom is 0.337 e. The first-order valence-electron chi connectivity index (χ1n) is 6.28. The van der Waals surface area contributed by atoms with E-state index in [0.717, 1.165) is 0 Å². The quantitative estimate of drug-likeness (QED) is 0.510. The van der Waals surface area contributed by atoms with Crippen molar-refractivity contribution in [3.8, 4) is 0 Å². The van der Waals surface area contributed by atoms with Crippen molar-refractivity contribution < 1.29 is 25.2 Å². The zero-order chi connectivity index (χ0) is 15.5. The Bertz CT molecular complexity index is 647. The summed E-state index contributed by atoms with van der Waals surface area (Å²) in [5.74, 6) is -0.810. The summed E-state index contributed by atoms with van der Waals surface area (Å²) in [5.41, 5.74) is -1.28. The maximum absolute atomic E-state index is 11.2. The molecule has 0 aliphatic carbocycles. The first kappa shape index (κ1) is 15.2. The van der Waals surface area contributed by atoms with Gasteiger partial charge in [0.1, 0.15) is 11.4 Å². The van der Waals surface area contributed by atoms with E-state index in [9.17, 15) is 20.1 Å². The Morgan fingerprint density at radius 1 is 1.10 bits per heavy atom. The Labute approximate surface area is 120 Å². The second-order valence-electron chi connectivity index (χ2n) is 4.75. The first-order valence-corrected chi connectivity index (χ1v) is 6.28. The van der Waals surface area contributed by atoms with Gasteiger partial charge in [0.05, 0.1) is 25.4 Å². The van der Waals surface area contributed by atoms with Crippen molar-refractivity contribution in [1.82, 2.24) is 4.98 Å². The van der Waals surface area contributed by atoms with Crippen LogP contribution in [0, 0.1) is 0 Å². The summed E-state index contributed by atoms with van der Waals surface area (Å²) < 4.78 is 0. The lowest BCUT2D eigenvalue weighted by molar-refractivity contribution is 0.0698. The van der Waals surface area contributed by atoms with Gasteiger partial charge in [-0.25, -0.2) is 9.78 Å².